The molecule has 0 spiro atoms. The summed E-state index contributed by atoms with van der Waals surface area (Å²) in [5.74, 6) is -0.792. The lowest BCUT2D eigenvalue weighted by Crippen LogP contribution is -2.40. The molecule has 0 bridgehead atoms. The van der Waals surface area contributed by atoms with Gasteiger partial charge in [-0.25, -0.2) is 4.39 Å². The van der Waals surface area contributed by atoms with Crippen molar-refractivity contribution < 1.29 is 14.0 Å². The number of halogens is 1. The van der Waals surface area contributed by atoms with Crippen molar-refractivity contribution in [2.75, 3.05) is 13.1 Å². The smallest absolute Gasteiger partial charge is 0.268 e. The van der Waals surface area contributed by atoms with Gasteiger partial charge in [0.2, 0.25) is 0 Å². The average molecular weight is 382 g/mol. The molecule has 4 rings (SSSR count). The van der Waals surface area contributed by atoms with E-state index in [-0.39, 0.29) is 22.7 Å². The molecule has 0 unspecified atom stereocenters. The SMILES string of the molecule is CC1(C)CC(=O)c2cn(-c3ccc(F)cc3)c(=O)c(C(=O)N3CCCC3)c2C1. The van der Waals surface area contributed by atoms with E-state index in [0.29, 0.717) is 42.7 Å². The van der Waals surface area contributed by atoms with E-state index in [1.807, 2.05) is 13.8 Å². The number of benzene rings is 1. The zero-order valence-corrected chi connectivity index (χ0v) is 16.1. The predicted molar refractivity (Wildman–Crippen MR) is 104 cm³/mol. The van der Waals surface area contributed by atoms with Gasteiger partial charge < -0.3 is 4.90 Å². The first kappa shape index (κ1) is 18.6. The summed E-state index contributed by atoms with van der Waals surface area (Å²) in [4.78, 5) is 41.1. The van der Waals surface area contributed by atoms with Crippen LogP contribution >= 0.6 is 0 Å². The molecular formula is C22H23FN2O3. The van der Waals surface area contributed by atoms with Gasteiger partial charge in [-0.3, -0.25) is 19.0 Å². The lowest BCUT2D eigenvalue weighted by molar-refractivity contribution is 0.0788. The van der Waals surface area contributed by atoms with Crippen molar-refractivity contribution in [2.24, 2.45) is 5.41 Å². The van der Waals surface area contributed by atoms with Crippen LogP contribution in [0.25, 0.3) is 5.69 Å². The Morgan fingerprint density at radius 1 is 1.04 bits per heavy atom. The van der Waals surface area contributed by atoms with Gasteiger partial charge in [-0.15, -0.1) is 0 Å². The highest BCUT2D eigenvalue weighted by molar-refractivity contribution is 6.04. The van der Waals surface area contributed by atoms with Gasteiger partial charge in [0.25, 0.3) is 11.5 Å². The number of pyridine rings is 1. The van der Waals surface area contributed by atoms with Gasteiger partial charge in [0, 0.05) is 37.0 Å². The fourth-order valence-electron chi connectivity index (χ4n) is 4.24. The second-order valence-electron chi connectivity index (χ2n) is 8.49. The van der Waals surface area contributed by atoms with E-state index in [1.54, 1.807) is 4.90 Å². The molecule has 6 heteroatoms. The lowest BCUT2D eigenvalue weighted by Gasteiger charge is -2.32. The number of rotatable bonds is 2. The van der Waals surface area contributed by atoms with Gasteiger partial charge in [0.1, 0.15) is 11.4 Å². The van der Waals surface area contributed by atoms with Gasteiger partial charge in [-0.2, -0.15) is 0 Å². The summed E-state index contributed by atoms with van der Waals surface area (Å²) in [6.07, 6.45) is 4.21. The zero-order chi connectivity index (χ0) is 20.1. The summed E-state index contributed by atoms with van der Waals surface area (Å²) in [6.45, 7) is 5.19. The summed E-state index contributed by atoms with van der Waals surface area (Å²) in [5, 5.41) is 0. The molecule has 1 aliphatic heterocycles. The van der Waals surface area contributed by atoms with E-state index < -0.39 is 11.4 Å². The first-order valence-corrected chi connectivity index (χ1v) is 9.64. The van der Waals surface area contributed by atoms with Crippen LogP contribution in [0.4, 0.5) is 4.39 Å². The van der Waals surface area contributed by atoms with Gasteiger partial charge >= 0.3 is 0 Å². The zero-order valence-electron chi connectivity index (χ0n) is 16.1. The van der Waals surface area contributed by atoms with Crippen LogP contribution in [0, 0.1) is 11.2 Å². The monoisotopic (exact) mass is 382 g/mol. The Hall–Kier alpha value is -2.76. The number of likely N-dealkylation sites (tertiary alicyclic amines) is 1. The van der Waals surface area contributed by atoms with Crippen LogP contribution in [-0.2, 0) is 6.42 Å². The number of carbonyl (C=O) groups excluding carboxylic acids is 2. The maximum Gasteiger partial charge on any atom is 0.268 e. The molecule has 146 valence electrons. The van der Waals surface area contributed by atoms with Crippen LogP contribution in [0.3, 0.4) is 0 Å². The van der Waals surface area contributed by atoms with Crippen LogP contribution in [-0.4, -0.2) is 34.2 Å². The number of amides is 1. The Kier molecular flexibility index (Phi) is 4.44. The molecule has 2 heterocycles. The molecule has 0 N–H and O–H groups in total. The molecule has 1 aromatic carbocycles. The normalized spacial score (nSPS) is 18.2. The van der Waals surface area contributed by atoms with E-state index in [1.165, 1.54) is 35.0 Å². The number of aromatic nitrogens is 1. The number of carbonyl (C=O) groups is 2. The van der Waals surface area contributed by atoms with Gasteiger partial charge in [0.05, 0.1) is 0 Å². The molecule has 2 aliphatic rings. The van der Waals surface area contributed by atoms with Crippen molar-refractivity contribution in [3.8, 4) is 5.69 Å². The second kappa shape index (κ2) is 6.69. The Morgan fingerprint density at radius 2 is 1.68 bits per heavy atom. The largest absolute Gasteiger partial charge is 0.338 e. The summed E-state index contributed by atoms with van der Waals surface area (Å²) < 4.78 is 14.6. The van der Waals surface area contributed by atoms with Crippen molar-refractivity contribution in [3.05, 3.63) is 63.3 Å². The maximum atomic E-state index is 13.4. The van der Waals surface area contributed by atoms with Crippen LogP contribution in [0.5, 0.6) is 0 Å². The highest BCUT2D eigenvalue weighted by Crippen LogP contribution is 2.36. The van der Waals surface area contributed by atoms with Gasteiger partial charge in [-0.1, -0.05) is 13.8 Å². The minimum Gasteiger partial charge on any atom is -0.338 e. The highest BCUT2D eigenvalue weighted by atomic mass is 19.1. The topological polar surface area (TPSA) is 59.4 Å². The molecule has 1 fully saturated rings. The van der Waals surface area contributed by atoms with Crippen LogP contribution < -0.4 is 5.56 Å². The number of Topliss-reactive ketones (excluding diaryl/α,β-unsaturated/α-hetero) is 1. The fourth-order valence-corrected chi connectivity index (χ4v) is 4.24. The number of nitrogens with zero attached hydrogens (tertiary/aromatic N) is 2. The molecule has 0 saturated carbocycles. The third-order valence-corrected chi connectivity index (χ3v) is 5.62. The Balaban J connectivity index is 1.96. The Morgan fingerprint density at radius 3 is 2.32 bits per heavy atom. The van der Waals surface area contributed by atoms with Crippen molar-refractivity contribution in [1.29, 1.82) is 0 Å². The van der Waals surface area contributed by atoms with Crippen molar-refractivity contribution in [2.45, 2.75) is 39.5 Å². The predicted octanol–water partition coefficient (Wildman–Crippen LogP) is 3.37. The standard InChI is InChI=1S/C22H23FN2O3/c1-22(2)11-16-17(18(26)12-22)13-25(15-7-5-14(23)6-8-15)21(28)19(16)20(27)24-9-3-4-10-24/h5-8,13H,3-4,9-12H2,1-2H3. The minimum absolute atomic E-state index is 0.0717. The average Bonchev–Trinajstić information content (AvgIpc) is 3.16. The molecular weight excluding hydrogens is 359 g/mol. The third kappa shape index (κ3) is 3.17. The van der Waals surface area contributed by atoms with E-state index in [0.717, 1.165) is 12.8 Å². The molecule has 2 aromatic rings. The molecule has 0 atom stereocenters. The molecule has 1 amide bonds. The maximum absolute atomic E-state index is 13.4. The quantitative estimate of drug-likeness (QED) is 0.800. The molecule has 28 heavy (non-hydrogen) atoms. The number of ketones is 1. The van der Waals surface area contributed by atoms with Crippen LogP contribution in [0.1, 0.15) is 59.4 Å². The van der Waals surface area contributed by atoms with E-state index in [9.17, 15) is 18.8 Å². The first-order valence-electron chi connectivity index (χ1n) is 9.64. The Bertz CT molecular complexity index is 1020. The minimum atomic E-state index is -0.451. The van der Waals surface area contributed by atoms with Gasteiger partial charge in [-0.05, 0) is 54.5 Å². The van der Waals surface area contributed by atoms with E-state index in [2.05, 4.69) is 0 Å². The number of hydrogen-bond acceptors (Lipinski definition) is 3. The Labute approximate surface area is 162 Å². The number of hydrogen-bond donors (Lipinski definition) is 0. The second-order valence-corrected chi connectivity index (χ2v) is 8.49. The van der Waals surface area contributed by atoms with Crippen LogP contribution in [0.2, 0.25) is 0 Å². The lowest BCUT2D eigenvalue weighted by atomic mass is 9.73. The summed E-state index contributed by atoms with van der Waals surface area (Å²) >= 11 is 0. The van der Waals surface area contributed by atoms with E-state index in [4.69, 9.17) is 0 Å². The molecule has 1 saturated heterocycles. The summed E-state index contributed by atoms with van der Waals surface area (Å²) in [7, 11) is 0. The fraction of sp³-hybridized carbons (Fsp3) is 0.409. The van der Waals surface area contributed by atoms with Gasteiger partial charge in [0.15, 0.2) is 5.78 Å². The van der Waals surface area contributed by atoms with Crippen molar-refractivity contribution in [3.63, 3.8) is 0 Å². The first-order chi connectivity index (χ1) is 13.3. The van der Waals surface area contributed by atoms with Crippen molar-refractivity contribution >= 4 is 11.7 Å². The van der Waals surface area contributed by atoms with E-state index >= 15 is 0 Å². The highest BCUT2D eigenvalue weighted by Gasteiger charge is 2.37. The molecule has 5 nitrogen and oxygen atoms in total. The number of fused-ring (bicyclic) bond motifs is 1. The molecule has 1 aromatic heterocycles. The van der Waals surface area contributed by atoms with Crippen molar-refractivity contribution in [1.82, 2.24) is 9.47 Å². The summed E-state index contributed by atoms with van der Waals surface area (Å²) in [5.41, 5.74) is 0.741. The van der Waals surface area contributed by atoms with Crippen LogP contribution in [0.15, 0.2) is 35.3 Å². The summed E-state index contributed by atoms with van der Waals surface area (Å²) in [6, 6.07) is 5.47. The molecule has 1 aliphatic carbocycles. The third-order valence-electron chi connectivity index (χ3n) is 5.62. The molecule has 0 radical (unpaired) electrons.